The van der Waals surface area contributed by atoms with Crippen molar-refractivity contribution in [2.45, 2.75) is 44.9 Å². The quantitative estimate of drug-likeness (QED) is 0.398. The summed E-state index contributed by atoms with van der Waals surface area (Å²) in [6, 6.07) is 18.3. The van der Waals surface area contributed by atoms with Gasteiger partial charge in [0.15, 0.2) is 0 Å². The van der Waals surface area contributed by atoms with Crippen molar-refractivity contribution in [3.05, 3.63) is 93.5 Å². The topological polar surface area (TPSA) is 57.6 Å². The summed E-state index contributed by atoms with van der Waals surface area (Å²) >= 11 is 6.72. The normalized spacial score (nSPS) is 17.3. The zero-order chi connectivity index (χ0) is 23.8. The standard InChI is InChI=1S/C29H26ClNO3/c1-18-7-5-12-26-27(18)24(28(32)31(26)21-15-13-20(14-16-21)29(33)34)17-23-22(10-6-11-25(23)30)19-8-3-2-4-9-19/h5-7,10-17,19H,2-4,8-9H2,1H3,(H,33,34)/b24-17+. The molecule has 2 aliphatic rings. The molecule has 0 aromatic heterocycles. The van der Waals surface area contributed by atoms with Gasteiger partial charge in [-0.2, -0.15) is 0 Å². The Hall–Kier alpha value is -3.37. The fraction of sp³-hybridized carbons (Fsp3) is 0.241. The first-order chi connectivity index (χ1) is 16.5. The molecule has 1 heterocycles. The van der Waals surface area contributed by atoms with E-state index in [1.54, 1.807) is 17.0 Å². The molecule has 1 saturated carbocycles. The van der Waals surface area contributed by atoms with E-state index < -0.39 is 5.97 Å². The first-order valence-electron chi connectivity index (χ1n) is 11.7. The molecule has 1 aliphatic heterocycles. The summed E-state index contributed by atoms with van der Waals surface area (Å²) in [5.41, 5.74) is 6.27. The number of hydrogen-bond donors (Lipinski definition) is 1. The summed E-state index contributed by atoms with van der Waals surface area (Å²) in [6.07, 6.45) is 7.95. The molecule has 0 unspecified atom stereocenters. The maximum atomic E-state index is 13.8. The molecule has 0 bridgehead atoms. The van der Waals surface area contributed by atoms with E-state index >= 15 is 0 Å². The van der Waals surface area contributed by atoms with Crippen molar-refractivity contribution in [2.24, 2.45) is 0 Å². The van der Waals surface area contributed by atoms with Gasteiger partial charge < -0.3 is 5.11 Å². The first kappa shape index (κ1) is 22.4. The van der Waals surface area contributed by atoms with Crippen LogP contribution in [0.5, 0.6) is 0 Å². The molecule has 0 radical (unpaired) electrons. The van der Waals surface area contributed by atoms with Gasteiger partial charge in [-0.25, -0.2) is 4.79 Å². The Balaban J connectivity index is 1.64. The number of halogens is 1. The van der Waals surface area contributed by atoms with E-state index in [-0.39, 0.29) is 11.5 Å². The number of hydrogen-bond acceptors (Lipinski definition) is 2. The lowest BCUT2D eigenvalue weighted by atomic mass is 9.81. The predicted octanol–water partition coefficient (Wildman–Crippen LogP) is 7.61. The Morgan fingerprint density at radius 2 is 1.71 bits per heavy atom. The van der Waals surface area contributed by atoms with Gasteiger partial charge in [0.05, 0.1) is 16.8 Å². The van der Waals surface area contributed by atoms with Crippen LogP contribution in [0.15, 0.2) is 60.7 Å². The number of anilines is 2. The van der Waals surface area contributed by atoms with Crippen LogP contribution in [-0.2, 0) is 4.79 Å². The average molecular weight is 472 g/mol. The van der Waals surface area contributed by atoms with Crippen molar-refractivity contribution in [3.63, 3.8) is 0 Å². The number of benzene rings is 3. The van der Waals surface area contributed by atoms with Gasteiger partial charge in [0, 0.05) is 16.3 Å². The van der Waals surface area contributed by atoms with Gasteiger partial charge in [-0.05, 0) is 84.8 Å². The van der Waals surface area contributed by atoms with Gasteiger partial charge in [-0.3, -0.25) is 9.69 Å². The molecular weight excluding hydrogens is 446 g/mol. The molecule has 0 spiro atoms. The molecular formula is C29H26ClNO3. The van der Waals surface area contributed by atoms with Crippen LogP contribution in [0.1, 0.15) is 70.6 Å². The number of amides is 1. The highest BCUT2D eigenvalue weighted by Crippen LogP contribution is 2.45. The lowest BCUT2D eigenvalue weighted by Crippen LogP contribution is -2.20. The highest BCUT2D eigenvalue weighted by molar-refractivity contribution is 6.39. The van der Waals surface area contributed by atoms with Crippen LogP contribution in [0.3, 0.4) is 0 Å². The van der Waals surface area contributed by atoms with Crippen LogP contribution < -0.4 is 4.90 Å². The highest BCUT2D eigenvalue weighted by atomic mass is 35.5. The van der Waals surface area contributed by atoms with Gasteiger partial charge >= 0.3 is 5.97 Å². The van der Waals surface area contributed by atoms with E-state index in [1.807, 2.05) is 43.3 Å². The number of carboxylic acids is 1. The second-order valence-electron chi connectivity index (χ2n) is 9.10. The lowest BCUT2D eigenvalue weighted by molar-refractivity contribution is -0.112. The third kappa shape index (κ3) is 3.92. The van der Waals surface area contributed by atoms with Crippen molar-refractivity contribution in [1.29, 1.82) is 0 Å². The summed E-state index contributed by atoms with van der Waals surface area (Å²) in [6.45, 7) is 2.01. The summed E-state index contributed by atoms with van der Waals surface area (Å²) in [4.78, 5) is 26.8. The van der Waals surface area contributed by atoms with E-state index in [9.17, 15) is 14.7 Å². The maximum Gasteiger partial charge on any atom is 0.335 e. The average Bonchev–Trinajstić information content (AvgIpc) is 3.13. The van der Waals surface area contributed by atoms with Gasteiger partial charge in [0.2, 0.25) is 0 Å². The van der Waals surface area contributed by atoms with Crippen LogP contribution >= 0.6 is 11.6 Å². The van der Waals surface area contributed by atoms with Gasteiger partial charge in [-0.15, -0.1) is 0 Å². The second-order valence-corrected chi connectivity index (χ2v) is 9.50. The molecule has 1 amide bonds. The van der Waals surface area contributed by atoms with Crippen LogP contribution in [0.25, 0.3) is 11.6 Å². The van der Waals surface area contributed by atoms with Crippen LogP contribution in [-0.4, -0.2) is 17.0 Å². The van der Waals surface area contributed by atoms with E-state index in [0.717, 1.165) is 35.2 Å². The van der Waals surface area contributed by atoms with E-state index in [0.29, 0.717) is 22.2 Å². The molecule has 1 aliphatic carbocycles. The van der Waals surface area contributed by atoms with Crippen molar-refractivity contribution >= 4 is 46.5 Å². The van der Waals surface area contributed by atoms with E-state index in [2.05, 4.69) is 6.07 Å². The molecule has 1 fully saturated rings. The van der Waals surface area contributed by atoms with Crippen LogP contribution in [0, 0.1) is 6.92 Å². The van der Waals surface area contributed by atoms with Crippen molar-refractivity contribution in [1.82, 2.24) is 0 Å². The molecule has 3 aromatic carbocycles. The number of aryl methyl sites for hydroxylation is 1. The van der Waals surface area contributed by atoms with Gasteiger partial charge in [0.1, 0.15) is 0 Å². The molecule has 34 heavy (non-hydrogen) atoms. The Labute approximate surface area is 204 Å². The monoisotopic (exact) mass is 471 g/mol. The lowest BCUT2D eigenvalue weighted by Gasteiger charge is -2.24. The van der Waals surface area contributed by atoms with Crippen molar-refractivity contribution in [2.75, 3.05) is 4.90 Å². The number of carbonyl (C=O) groups is 2. The van der Waals surface area contributed by atoms with E-state index in [1.165, 1.54) is 37.0 Å². The zero-order valence-corrected chi connectivity index (χ0v) is 19.8. The number of aromatic carboxylic acids is 1. The molecule has 3 aromatic rings. The first-order valence-corrected chi connectivity index (χ1v) is 12.1. The van der Waals surface area contributed by atoms with Crippen molar-refractivity contribution < 1.29 is 14.7 Å². The minimum atomic E-state index is -0.995. The maximum absolute atomic E-state index is 13.8. The Morgan fingerprint density at radius 3 is 2.41 bits per heavy atom. The molecule has 5 heteroatoms. The van der Waals surface area contributed by atoms with Crippen molar-refractivity contribution in [3.8, 4) is 0 Å². The largest absolute Gasteiger partial charge is 0.478 e. The minimum Gasteiger partial charge on any atom is -0.478 e. The van der Waals surface area contributed by atoms with Crippen LogP contribution in [0.4, 0.5) is 11.4 Å². The smallest absolute Gasteiger partial charge is 0.335 e. The Bertz CT molecular complexity index is 1300. The Morgan fingerprint density at radius 1 is 1.00 bits per heavy atom. The predicted molar refractivity (Wildman–Crippen MR) is 137 cm³/mol. The zero-order valence-electron chi connectivity index (χ0n) is 19.1. The molecule has 0 saturated heterocycles. The number of carboxylic acid groups (broad SMARTS) is 1. The summed E-state index contributed by atoms with van der Waals surface area (Å²) in [5, 5.41) is 9.91. The second kappa shape index (κ2) is 9.11. The number of fused-ring (bicyclic) bond motifs is 1. The molecule has 5 rings (SSSR count). The molecule has 4 nitrogen and oxygen atoms in total. The SMILES string of the molecule is Cc1cccc2c1/C(=C\c1c(Cl)cccc1C1CCCCC1)C(=O)N2c1ccc(C(=O)O)cc1. The molecule has 172 valence electrons. The third-order valence-corrected chi connectivity index (χ3v) is 7.32. The van der Waals surface area contributed by atoms with E-state index in [4.69, 9.17) is 11.6 Å². The highest BCUT2D eigenvalue weighted by Gasteiger charge is 2.35. The Kier molecular flexibility index (Phi) is 6.01. The van der Waals surface area contributed by atoms with Gasteiger partial charge in [-0.1, -0.05) is 55.1 Å². The fourth-order valence-corrected chi connectivity index (χ4v) is 5.53. The third-order valence-electron chi connectivity index (χ3n) is 6.99. The number of nitrogens with zero attached hydrogens (tertiary/aromatic N) is 1. The summed E-state index contributed by atoms with van der Waals surface area (Å²) in [5.74, 6) is -0.682. The molecule has 1 N–H and O–H groups in total. The van der Waals surface area contributed by atoms with Gasteiger partial charge in [0.25, 0.3) is 5.91 Å². The summed E-state index contributed by atoms with van der Waals surface area (Å²) in [7, 11) is 0. The minimum absolute atomic E-state index is 0.137. The fourth-order valence-electron chi connectivity index (χ4n) is 5.29. The molecule has 0 atom stereocenters. The number of carbonyl (C=O) groups excluding carboxylic acids is 1. The summed E-state index contributed by atoms with van der Waals surface area (Å²) < 4.78 is 0. The van der Waals surface area contributed by atoms with Crippen LogP contribution in [0.2, 0.25) is 5.02 Å². The number of rotatable bonds is 4.